The summed E-state index contributed by atoms with van der Waals surface area (Å²) in [5.74, 6) is -0.354. The molecule has 2 N–H and O–H groups in total. The maximum absolute atomic E-state index is 13.3. The molecule has 10 heteroatoms. The molecule has 2 amide bonds. The molecular formula is C22H28ClN5O3S. The number of likely N-dealkylation sites (N-methyl/N-ethyl adjacent to an activating group) is 1. The van der Waals surface area contributed by atoms with E-state index in [9.17, 15) is 9.59 Å². The summed E-state index contributed by atoms with van der Waals surface area (Å²) in [7, 11) is 3.68. The zero-order valence-electron chi connectivity index (χ0n) is 18.3. The van der Waals surface area contributed by atoms with E-state index in [4.69, 9.17) is 16.7 Å². The largest absolute Gasteiger partial charge is 0.395 e. The number of hydrogen-bond acceptors (Lipinski definition) is 6. The van der Waals surface area contributed by atoms with Crippen LogP contribution in [0.1, 0.15) is 44.9 Å². The van der Waals surface area contributed by atoms with Gasteiger partial charge in [0.25, 0.3) is 11.8 Å². The quantitative estimate of drug-likeness (QED) is 0.537. The minimum atomic E-state index is -0.280. The fourth-order valence-electron chi connectivity index (χ4n) is 4.05. The molecule has 1 fully saturated rings. The molecule has 2 heterocycles. The summed E-state index contributed by atoms with van der Waals surface area (Å²) in [5, 5.41) is 17.1. The Balaban J connectivity index is 1.43. The Hall–Kier alpha value is -2.07. The number of rotatable bonds is 9. The summed E-state index contributed by atoms with van der Waals surface area (Å²) in [4.78, 5) is 28.0. The summed E-state index contributed by atoms with van der Waals surface area (Å²) in [6.07, 6.45) is 2.70. The minimum Gasteiger partial charge on any atom is -0.395 e. The lowest BCUT2D eigenvalue weighted by atomic mass is 10.0. The van der Waals surface area contributed by atoms with E-state index in [2.05, 4.69) is 10.4 Å². The maximum Gasteiger partial charge on any atom is 0.272 e. The van der Waals surface area contributed by atoms with Gasteiger partial charge in [0.2, 0.25) is 0 Å². The number of halogens is 1. The number of amides is 2. The predicted molar refractivity (Wildman–Crippen MR) is 125 cm³/mol. The van der Waals surface area contributed by atoms with E-state index in [-0.39, 0.29) is 23.2 Å². The van der Waals surface area contributed by atoms with Gasteiger partial charge in [-0.15, -0.1) is 0 Å². The van der Waals surface area contributed by atoms with Crippen molar-refractivity contribution in [2.75, 3.05) is 33.3 Å². The molecule has 2 aliphatic rings. The Morgan fingerprint density at radius 1 is 1.34 bits per heavy atom. The van der Waals surface area contributed by atoms with E-state index in [1.165, 1.54) is 4.68 Å². The van der Waals surface area contributed by atoms with Gasteiger partial charge in [-0.25, -0.2) is 0 Å². The highest BCUT2D eigenvalue weighted by Crippen LogP contribution is 2.50. The summed E-state index contributed by atoms with van der Waals surface area (Å²) >= 11 is 7.63. The highest BCUT2D eigenvalue weighted by atomic mass is 35.5. The number of carbonyl (C=O) groups excluding carboxylic acids is 2. The Bertz CT molecular complexity index is 1010. The summed E-state index contributed by atoms with van der Waals surface area (Å²) in [5.41, 5.74) is 2.48. The Morgan fingerprint density at radius 2 is 2.06 bits per heavy atom. The molecule has 0 radical (unpaired) electrons. The number of aliphatic hydroxyl groups is 1. The van der Waals surface area contributed by atoms with Crippen LogP contribution in [0.25, 0.3) is 0 Å². The molecule has 0 atom stereocenters. The number of nitrogens with one attached hydrogen (secondary N) is 1. The van der Waals surface area contributed by atoms with Crippen LogP contribution in [0.5, 0.6) is 0 Å². The highest BCUT2D eigenvalue weighted by molar-refractivity contribution is 7.98. The van der Waals surface area contributed by atoms with Gasteiger partial charge in [0.15, 0.2) is 5.69 Å². The lowest BCUT2D eigenvalue weighted by molar-refractivity contribution is 0.0725. The van der Waals surface area contributed by atoms with E-state index >= 15 is 0 Å². The Morgan fingerprint density at radius 3 is 2.72 bits per heavy atom. The Labute approximate surface area is 197 Å². The van der Waals surface area contributed by atoms with Crippen LogP contribution in [-0.2, 0) is 20.0 Å². The van der Waals surface area contributed by atoms with Crippen LogP contribution in [0.4, 0.5) is 0 Å². The molecule has 32 heavy (non-hydrogen) atoms. The molecule has 1 aromatic heterocycles. The lowest BCUT2D eigenvalue weighted by Gasteiger charge is -2.32. The van der Waals surface area contributed by atoms with Gasteiger partial charge in [-0.1, -0.05) is 35.7 Å². The predicted octanol–water partition coefficient (Wildman–Crippen LogP) is 2.11. The second kappa shape index (κ2) is 9.43. The first kappa shape index (κ1) is 23.1. The average molecular weight is 478 g/mol. The highest BCUT2D eigenvalue weighted by Gasteiger charge is 2.48. The minimum absolute atomic E-state index is 0.0223. The van der Waals surface area contributed by atoms with Gasteiger partial charge < -0.3 is 15.3 Å². The van der Waals surface area contributed by atoms with E-state index < -0.39 is 0 Å². The summed E-state index contributed by atoms with van der Waals surface area (Å²) < 4.78 is 3.60. The van der Waals surface area contributed by atoms with Gasteiger partial charge in [-0.05, 0) is 44.0 Å². The van der Waals surface area contributed by atoms with Crippen LogP contribution in [0.15, 0.2) is 24.3 Å². The number of aryl methyl sites for hydroxylation is 1. The summed E-state index contributed by atoms with van der Waals surface area (Å²) in [6.45, 7) is 2.31. The van der Waals surface area contributed by atoms with Crippen LogP contribution in [0.2, 0.25) is 5.02 Å². The molecule has 1 aliphatic carbocycles. The van der Waals surface area contributed by atoms with Crippen molar-refractivity contribution in [3.8, 4) is 0 Å². The topological polar surface area (TPSA) is 90.7 Å². The lowest BCUT2D eigenvalue weighted by Crippen LogP contribution is -2.43. The van der Waals surface area contributed by atoms with Crippen molar-refractivity contribution >= 4 is 35.4 Å². The first-order valence-electron chi connectivity index (χ1n) is 10.7. The Kier molecular flexibility index (Phi) is 6.80. The monoisotopic (exact) mass is 477 g/mol. The van der Waals surface area contributed by atoms with Crippen molar-refractivity contribution in [2.45, 2.75) is 30.6 Å². The number of aliphatic hydroxyl groups excluding tert-OH is 1. The first-order valence-corrected chi connectivity index (χ1v) is 11.9. The third-order valence-corrected chi connectivity index (χ3v) is 7.57. The van der Waals surface area contributed by atoms with Crippen LogP contribution in [-0.4, -0.2) is 73.9 Å². The molecule has 2 aromatic rings. The molecule has 0 bridgehead atoms. The zero-order chi connectivity index (χ0) is 22.9. The van der Waals surface area contributed by atoms with E-state index in [0.717, 1.165) is 24.0 Å². The summed E-state index contributed by atoms with van der Waals surface area (Å²) in [6, 6.07) is 7.29. The molecule has 1 aliphatic heterocycles. The van der Waals surface area contributed by atoms with Crippen molar-refractivity contribution in [3.63, 3.8) is 0 Å². The van der Waals surface area contributed by atoms with Crippen molar-refractivity contribution < 1.29 is 14.7 Å². The van der Waals surface area contributed by atoms with Gasteiger partial charge >= 0.3 is 0 Å². The third-order valence-electron chi connectivity index (χ3n) is 5.90. The van der Waals surface area contributed by atoms with Crippen molar-refractivity contribution in [1.82, 2.24) is 24.3 Å². The smallest absolute Gasteiger partial charge is 0.272 e. The van der Waals surface area contributed by atoms with Crippen LogP contribution in [0.3, 0.4) is 0 Å². The zero-order valence-corrected chi connectivity index (χ0v) is 19.9. The van der Waals surface area contributed by atoms with Crippen molar-refractivity contribution in [3.05, 3.63) is 51.8 Å². The third kappa shape index (κ3) is 4.96. The number of benzene rings is 1. The standard InChI is InChI=1S/C22H28ClN5O3S/c1-26(11-12-29)32-22(8-9-22)14-28-10-7-17-18(25-27(2)19(17)21(28)31)20(30)24-13-15-3-5-16(23)6-4-15/h3-6,29H,7-14H2,1-2H3,(H,24,30). The number of nitrogens with zero attached hydrogens (tertiary/aromatic N) is 4. The van der Waals surface area contributed by atoms with Crippen LogP contribution < -0.4 is 5.32 Å². The van der Waals surface area contributed by atoms with Gasteiger partial charge in [-0.3, -0.25) is 18.6 Å². The van der Waals surface area contributed by atoms with Crippen molar-refractivity contribution in [2.24, 2.45) is 7.05 Å². The fourth-order valence-corrected chi connectivity index (χ4v) is 5.51. The van der Waals surface area contributed by atoms with E-state index in [1.54, 1.807) is 31.1 Å². The normalized spacial score (nSPS) is 16.9. The maximum atomic E-state index is 13.3. The molecule has 0 saturated heterocycles. The van der Waals surface area contributed by atoms with E-state index in [1.807, 2.05) is 28.4 Å². The van der Waals surface area contributed by atoms with Gasteiger partial charge in [0, 0.05) is 48.6 Å². The molecular weight excluding hydrogens is 450 g/mol. The fraction of sp³-hybridized carbons (Fsp3) is 0.500. The molecule has 172 valence electrons. The molecule has 0 spiro atoms. The van der Waals surface area contributed by atoms with Gasteiger partial charge in [0.1, 0.15) is 5.69 Å². The number of aromatic nitrogens is 2. The van der Waals surface area contributed by atoms with E-state index in [0.29, 0.717) is 49.0 Å². The molecule has 4 rings (SSSR count). The average Bonchev–Trinajstić information content (AvgIpc) is 3.42. The molecule has 1 saturated carbocycles. The SMILES string of the molecule is CN(CCO)SC1(CN2CCc3c(C(=O)NCc4ccc(Cl)cc4)nn(C)c3C2=O)CC1. The number of carbonyl (C=O) groups is 2. The van der Waals surface area contributed by atoms with Gasteiger partial charge in [0.05, 0.1) is 6.61 Å². The molecule has 1 aromatic carbocycles. The van der Waals surface area contributed by atoms with Crippen molar-refractivity contribution in [1.29, 1.82) is 0 Å². The van der Waals surface area contributed by atoms with Gasteiger partial charge in [-0.2, -0.15) is 5.10 Å². The number of hydrogen-bond donors (Lipinski definition) is 2. The molecule has 0 unspecified atom stereocenters. The molecule has 8 nitrogen and oxygen atoms in total. The second-order valence-corrected chi connectivity index (χ2v) is 10.5. The van der Waals surface area contributed by atoms with Crippen LogP contribution >= 0.6 is 23.5 Å². The van der Waals surface area contributed by atoms with Crippen LogP contribution in [0, 0.1) is 0 Å². The first-order chi connectivity index (χ1) is 15.3. The second-order valence-electron chi connectivity index (χ2n) is 8.43. The number of fused-ring (bicyclic) bond motifs is 1.